The molecule has 0 fully saturated rings. The Bertz CT molecular complexity index is 333. The van der Waals surface area contributed by atoms with Crippen LogP contribution in [-0.2, 0) is 16.6 Å². The van der Waals surface area contributed by atoms with E-state index in [0.29, 0.717) is 0 Å². The highest BCUT2D eigenvalue weighted by atomic mass is 16.5. The first kappa shape index (κ1) is 14.2. The van der Waals surface area contributed by atoms with Crippen LogP contribution in [-0.4, -0.2) is 20.3 Å². The van der Waals surface area contributed by atoms with Crippen molar-refractivity contribution in [3.05, 3.63) is 35.4 Å². The molecule has 0 unspecified atom stereocenters. The molecule has 0 spiro atoms. The Hall–Kier alpha value is -0.860. The number of rotatable bonds is 7. The largest absolute Gasteiger partial charge is 0.384 e. The molecule has 0 aliphatic heterocycles. The Morgan fingerprint density at radius 2 is 2.00 bits per heavy atom. The van der Waals surface area contributed by atoms with Crippen LogP contribution < -0.4 is 5.73 Å². The Morgan fingerprint density at radius 1 is 1.24 bits per heavy atom. The van der Waals surface area contributed by atoms with Gasteiger partial charge in [0.15, 0.2) is 0 Å². The molecule has 0 atom stereocenters. The van der Waals surface area contributed by atoms with Crippen LogP contribution in [0.3, 0.4) is 0 Å². The third-order valence-corrected chi connectivity index (χ3v) is 3.13. The second-order valence-corrected chi connectivity index (χ2v) is 5.26. The summed E-state index contributed by atoms with van der Waals surface area (Å²) in [6.07, 6.45) is 3.39. The molecule has 0 bridgehead atoms. The quantitative estimate of drug-likeness (QED) is 0.738. The maximum atomic E-state index is 5.51. The van der Waals surface area contributed by atoms with Crippen molar-refractivity contribution < 1.29 is 4.74 Å². The maximum absolute atomic E-state index is 5.51. The minimum Gasteiger partial charge on any atom is -0.384 e. The molecular weight excluding hydrogens is 210 g/mol. The number of benzene rings is 1. The molecule has 0 heterocycles. The van der Waals surface area contributed by atoms with Gasteiger partial charge in [0.2, 0.25) is 0 Å². The number of unbranched alkanes of at least 4 members (excludes halogenated alkanes) is 1. The highest BCUT2D eigenvalue weighted by molar-refractivity contribution is 5.29. The Morgan fingerprint density at radius 3 is 2.65 bits per heavy atom. The Balaban J connectivity index is 2.71. The van der Waals surface area contributed by atoms with Gasteiger partial charge in [-0.3, -0.25) is 0 Å². The van der Waals surface area contributed by atoms with Gasteiger partial charge in [0, 0.05) is 12.5 Å². The normalized spacial score (nSPS) is 11.8. The van der Waals surface area contributed by atoms with Gasteiger partial charge in [-0.15, -0.1) is 0 Å². The van der Waals surface area contributed by atoms with Gasteiger partial charge in [-0.1, -0.05) is 38.1 Å². The zero-order valence-corrected chi connectivity index (χ0v) is 11.3. The van der Waals surface area contributed by atoms with Crippen molar-refractivity contribution in [3.63, 3.8) is 0 Å². The van der Waals surface area contributed by atoms with E-state index in [-0.39, 0.29) is 5.41 Å². The fraction of sp³-hybridized carbons (Fsp3) is 0.600. The van der Waals surface area contributed by atoms with Crippen molar-refractivity contribution in [1.29, 1.82) is 0 Å². The van der Waals surface area contributed by atoms with Crippen molar-refractivity contribution >= 4 is 0 Å². The summed E-state index contributed by atoms with van der Waals surface area (Å²) in [4.78, 5) is 0. The van der Waals surface area contributed by atoms with Crippen LogP contribution in [0.25, 0.3) is 0 Å². The van der Waals surface area contributed by atoms with E-state index in [1.54, 1.807) is 7.11 Å². The molecule has 1 aromatic carbocycles. The lowest BCUT2D eigenvalue weighted by atomic mass is 9.84. The summed E-state index contributed by atoms with van der Waals surface area (Å²) in [5.74, 6) is 0. The van der Waals surface area contributed by atoms with Gasteiger partial charge in [-0.05, 0) is 36.9 Å². The average molecular weight is 235 g/mol. The van der Waals surface area contributed by atoms with Crippen molar-refractivity contribution in [2.24, 2.45) is 5.73 Å². The molecular formula is C15H25NO. The molecule has 2 heteroatoms. The van der Waals surface area contributed by atoms with Crippen LogP contribution in [0, 0.1) is 0 Å². The van der Waals surface area contributed by atoms with Gasteiger partial charge in [0.05, 0.1) is 6.61 Å². The predicted molar refractivity (Wildman–Crippen MR) is 73.3 cm³/mol. The monoisotopic (exact) mass is 235 g/mol. The molecule has 96 valence electrons. The van der Waals surface area contributed by atoms with Crippen LogP contribution in [0.4, 0.5) is 0 Å². The van der Waals surface area contributed by atoms with E-state index in [0.717, 1.165) is 26.0 Å². The summed E-state index contributed by atoms with van der Waals surface area (Å²) in [7, 11) is 1.76. The number of nitrogens with two attached hydrogens (primary N) is 1. The number of ether oxygens (including phenoxy) is 1. The predicted octanol–water partition coefficient (Wildman–Crippen LogP) is 2.89. The molecule has 2 nitrogen and oxygen atoms in total. The summed E-state index contributed by atoms with van der Waals surface area (Å²) in [6, 6.07) is 8.83. The Labute approximate surface area is 105 Å². The number of hydrogen-bond acceptors (Lipinski definition) is 2. The first-order valence-corrected chi connectivity index (χ1v) is 6.38. The first-order valence-electron chi connectivity index (χ1n) is 6.38. The Kier molecular flexibility index (Phi) is 5.66. The average Bonchev–Trinajstić information content (AvgIpc) is 2.30. The summed E-state index contributed by atoms with van der Waals surface area (Å²) in [5.41, 5.74) is 8.35. The van der Waals surface area contributed by atoms with Crippen molar-refractivity contribution in [3.8, 4) is 0 Å². The summed E-state index contributed by atoms with van der Waals surface area (Å²) < 4.78 is 5.28. The lowest BCUT2D eigenvalue weighted by Gasteiger charge is -2.24. The molecule has 0 aliphatic carbocycles. The van der Waals surface area contributed by atoms with Gasteiger partial charge in [-0.2, -0.15) is 0 Å². The van der Waals surface area contributed by atoms with Gasteiger partial charge < -0.3 is 10.5 Å². The minimum atomic E-state index is 0.0820. The van der Waals surface area contributed by atoms with Crippen LogP contribution in [0.5, 0.6) is 0 Å². The third kappa shape index (κ3) is 4.49. The van der Waals surface area contributed by atoms with E-state index in [4.69, 9.17) is 10.5 Å². The minimum absolute atomic E-state index is 0.0820. The van der Waals surface area contributed by atoms with Crippen molar-refractivity contribution in [1.82, 2.24) is 0 Å². The molecule has 1 aromatic rings. The number of methoxy groups -OCH3 is 1. The summed E-state index contributed by atoms with van der Waals surface area (Å²) in [5, 5.41) is 0. The number of hydrogen-bond donors (Lipinski definition) is 1. The molecule has 0 saturated heterocycles. The van der Waals surface area contributed by atoms with Gasteiger partial charge >= 0.3 is 0 Å². The molecule has 1 rings (SSSR count). The van der Waals surface area contributed by atoms with Crippen LogP contribution >= 0.6 is 0 Å². The molecule has 2 N–H and O–H groups in total. The lowest BCUT2D eigenvalue weighted by molar-refractivity contribution is 0.146. The second kappa shape index (κ2) is 6.77. The topological polar surface area (TPSA) is 35.2 Å². The zero-order chi connectivity index (χ0) is 12.7. The van der Waals surface area contributed by atoms with Gasteiger partial charge in [-0.25, -0.2) is 0 Å². The summed E-state index contributed by atoms with van der Waals surface area (Å²) in [6.45, 7) is 5.97. The highest BCUT2D eigenvalue weighted by Gasteiger charge is 2.20. The van der Waals surface area contributed by atoms with Gasteiger partial charge in [0.1, 0.15) is 0 Å². The van der Waals surface area contributed by atoms with Crippen LogP contribution in [0.15, 0.2) is 24.3 Å². The first-order chi connectivity index (χ1) is 8.10. The molecule has 0 aromatic heterocycles. The number of aryl methyl sites for hydroxylation is 1. The van der Waals surface area contributed by atoms with E-state index in [9.17, 15) is 0 Å². The molecule has 0 radical (unpaired) electrons. The van der Waals surface area contributed by atoms with Crippen molar-refractivity contribution in [2.75, 3.05) is 20.3 Å². The molecule has 17 heavy (non-hydrogen) atoms. The van der Waals surface area contributed by atoms with E-state index >= 15 is 0 Å². The smallest absolute Gasteiger partial charge is 0.0553 e. The molecule has 0 amide bonds. The highest BCUT2D eigenvalue weighted by Crippen LogP contribution is 2.24. The van der Waals surface area contributed by atoms with Crippen molar-refractivity contribution in [2.45, 2.75) is 38.5 Å². The van der Waals surface area contributed by atoms with Crippen LogP contribution in [0.2, 0.25) is 0 Å². The fourth-order valence-corrected chi connectivity index (χ4v) is 2.07. The van der Waals surface area contributed by atoms with E-state index in [1.165, 1.54) is 17.5 Å². The fourth-order valence-electron chi connectivity index (χ4n) is 2.07. The van der Waals surface area contributed by atoms with E-state index in [2.05, 4.69) is 38.1 Å². The van der Waals surface area contributed by atoms with Gasteiger partial charge in [0.25, 0.3) is 0 Å². The molecule has 0 saturated carbocycles. The lowest BCUT2D eigenvalue weighted by Crippen LogP contribution is -2.23. The summed E-state index contributed by atoms with van der Waals surface area (Å²) >= 11 is 0. The van der Waals surface area contributed by atoms with E-state index in [1.807, 2.05) is 0 Å². The molecule has 0 aliphatic rings. The second-order valence-electron chi connectivity index (χ2n) is 5.26. The standard InChI is InChI=1S/C15H25NO/c1-15(2,12-17-3)14-9-6-8-13(11-14)7-4-5-10-16/h6,8-9,11H,4-5,7,10,12,16H2,1-3H3. The van der Waals surface area contributed by atoms with Crippen LogP contribution in [0.1, 0.15) is 37.8 Å². The maximum Gasteiger partial charge on any atom is 0.0553 e. The third-order valence-electron chi connectivity index (χ3n) is 3.13. The van der Waals surface area contributed by atoms with E-state index < -0.39 is 0 Å². The SMILES string of the molecule is COCC(C)(C)c1cccc(CCCCN)c1. The zero-order valence-electron chi connectivity index (χ0n) is 11.3.